The van der Waals surface area contributed by atoms with Gasteiger partial charge >= 0.3 is 0 Å². The number of fused-ring (bicyclic) bond motifs is 1. The maximum atomic E-state index is 13.3. The van der Waals surface area contributed by atoms with Crippen molar-refractivity contribution in [2.75, 3.05) is 13.1 Å². The highest BCUT2D eigenvalue weighted by Gasteiger charge is 2.21. The van der Waals surface area contributed by atoms with Crippen LogP contribution in [0.3, 0.4) is 0 Å². The fourth-order valence-electron chi connectivity index (χ4n) is 5.66. The number of amides is 1. The van der Waals surface area contributed by atoms with Gasteiger partial charge in [0.15, 0.2) is 5.88 Å². The van der Waals surface area contributed by atoms with Crippen molar-refractivity contribution in [1.29, 1.82) is 0 Å². The number of carbonyl (C=O) groups excluding carboxylic acids is 1. The van der Waals surface area contributed by atoms with Crippen LogP contribution in [0.4, 0.5) is 5.69 Å². The summed E-state index contributed by atoms with van der Waals surface area (Å²) in [6.07, 6.45) is 7.25. The summed E-state index contributed by atoms with van der Waals surface area (Å²) < 4.78 is 0. The molecule has 7 nitrogen and oxygen atoms in total. The van der Waals surface area contributed by atoms with E-state index in [1.165, 1.54) is 24.8 Å². The highest BCUT2D eigenvalue weighted by Crippen LogP contribution is 2.32. The number of hydrogen-bond acceptors (Lipinski definition) is 5. The molecule has 0 saturated carbocycles. The SMILES string of the molecule is C[C@H](NC(=O)c1ccc2[nH]c(O)c(C(=Nc3cccc(CN4CCCCC4)c3)c3cccnc3)c2c1)c1ccccc1. The molecule has 6 rings (SSSR count). The van der Waals surface area contributed by atoms with E-state index in [-0.39, 0.29) is 17.8 Å². The van der Waals surface area contributed by atoms with E-state index in [2.05, 4.69) is 32.3 Å². The summed E-state index contributed by atoms with van der Waals surface area (Å²) in [6, 6.07) is 27.2. The Bertz CT molecular complexity index is 1710. The number of nitrogens with one attached hydrogen (secondary N) is 2. The molecule has 1 aliphatic heterocycles. The van der Waals surface area contributed by atoms with E-state index >= 15 is 0 Å². The summed E-state index contributed by atoms with van der Waals surface area (Å²) >= 11 is 0. The zero-order valence-electron chi connectivity index (χ0n) is 23.8. The molecule has 0 spiro atoms. The lowest BCUT2D eigenvalue weighted by Crippen LogP contribution is -2.28. The van der Waals surface area contributed by atoms with Gasteiger partial charge in [-0.25, -0.2) is 4.99 Å². The van der Waals surface area contributed by atoms with E-state index in [9.17, 15) is 9.90 Å². The normalized spacial score (nSPS) is 15.0. The Hall–Kier alpha value is -4.75. The number of pyridine rings is 1. The summed E-state index contributed by atoms with van der Waals surface area (Å²) in [7, 11) is 0. The van der Waals surface area contributed by atoms with Gasteiger partial charge in [-0.2, -0.15) is 0 Å². The molecule has 3 N–H and O–H groups in total. The minimum Gasteiger partial charge on any atom is -0.494 e. The van der Waals surface area contributed by atoms with E-state index in [0.29, 0.717) is 27.7 Å². The number of aromatic amines is 1. The monoisotopic (exact) mass is 557 g/mol. The second-order valence-electron chi connectivity index (χ2n) is 10.9. The van der Waals surface area contributed by atoms with Gasteiger partial charge in [-0.1, -0.05) is 48.9 Å². The first-order chi connectivity index (χ1) is 20.5. The number of aromatic nitrogens is 2. The average molecular weight is 558 g/mol. The van der Waals surface area contributed by atoms with Crippen LogP contribution in [0.25, 0.3) is 10.9 Å². The molecule has 3 aromatic carbocycles. The predicted molar refractivity (Wildman–Crippen MR) is 167 cm³/mol. The minimum absolute atomic E-state index is 0.00714. The highest BCUT2D eigenvalue weighted by molar-refractivity contribution is 6.22. The summed E-state index contributed by atoms with van der Waals surface area (Å²) in [4.78, 5) is 28.3. The lowest BCUT2D eigenvalue weighted by Gasteiger charge is -2.26. The minimum atomic E-state index is -0.190. The predicted octanol–water partition coefficient (Wildman–Crippen LogP) is 6.91. The molecule has 1 atom stereocenters. The van der Waals surface area contributed by atoms with Gasteiger partial charge in [-0.15, -0.1) is 0 Å². The standard InChI is InChI=1S/C35H35N5O2/c1-24(26-11-4-2-5-12-26)37-34(41)27-15-16-31-30(21-27)32(35(42)39-31)33(28-13-9-17-36-22-28)38-29-14-8-10-25(20-29)23-40-18-6-3-7-19-40/h2,4-5,8-17,20-22,24,39,42H,3,6-7,18-19,23H2,1H3,(H,37,41)/t24-/m0/s1. The average Bonchev–Trinajstić information content (AvgIpc) is 3.36. The van der Waals surface area contributed by atoms with Gasteiger partial charge in [0.1, 0.15) is 0 Å². The summed E-state index contributed by atoms with van der Waals surface area (Å²) in [5.74, 6) is -0.197. The van der Waals surface area contributed by atoms with Crippen LogP contribution in [-0.2, 0) is 6.54 Å². The number of H-pyrrole nitrogens is 1. The molecular formula is C35H35N5O2. The molecule has 1 aliphatic rings. The van der Waals surface area contributed by atoms with Gasteiger partial charge in [0.05, 0.1) is 23.0 Å². The van der Waals surface area contributed by atoms with Gasteiger partial charge in [-0.05, 0) is 86.4 Å². The Kier molecular flexibility index (Phi) is 8.10. The molecule has 1 amide bonds. The van der Waals surface area contributed by atoms with E-state index in [1.807, 2.05) is 73.7 Å². The van der Waals surface area contributed by atoms with Gasteiger partial charge in [0.25, 0.3) is 5.91 Å². The molecule has 3 heterocycles. The first-order valence-electron chi connectivity index (χ1n) is 14.6. The van der Waals surface area contributed by atoms with Crippen molar-refractivity contribution in [3.63, 3.8) is 0 Å². The van der Waals surface area contributed by atoms with Crippen LogP contribution in [0.15, 0.2) is 102 Å². The third-order valence-electron chi connectivity index (χ3n) is 7.87. The van der Waals surface area contributed by atoms with Gasteiger partial charge in [-0.3, -0.25) is 14.7 Å². The van der Waals surface area contributed by atoms with Crippen LogP contribution in [0.1, 0.15) is 64.8 Å². The second kappa shape index (κ2) is 12.4. The van der Waals surface area contributed by atoms with Crippen molar-refractivity contribution < 1.29 is 9.90 Å². The number of hydrogen-bond donors (Lipinski definition) is 3. The Morgan fingerprint density at radius 1 is 0.976 bits per heavy atom. The van der Waals surface area contributed by atoms with Gasteiger partial charge in [0, 0.05) is 41.0 Å². The lowest BCUT2D eigenvalue weighted by molar-refractivity contribution is 0.0940. The number of rotatable bonds is 8. The second-order valence-corrected chi connectivity index (χ2v) is 10.9. The quantitative estimate of drug-likeness (QED) is 0.181. The molecule has 0 radical (unpaired) electrons. The molecule has 42 heavy (non-hydrogen) atoms. The van der Waals surface area contributed by atoms with Crippen LogP contribution in [-0.4, -0.2) is 44.7 Å². The molecule has 1 saturated heterocycles. The fraction of sp³-hybridized carbons (Fsp3) is 0.229. The molecular weight excluding hydrogens is 522 g/mol. The van der Waals surface area contributed by atoms with Crippen molar-refractivity contribution in [3.05, 3.63) is 125 Å². The first-order valence-corrected chi connectivity index (χ1v) is 14.6. The maximum absolute atomic E-state index is 13.3. The smallest absolute Gasteiger partial charge is 0.251 e. The zero-order chi connectivity index (χ0) is 28.9. The Morgan fingerprint density at radius 3 is 2.60 bits per heavy atom. The molecule has 7 heteroatoms. The number of likely N-dealkylation sites (tertiary alicyclic amines) is 1. The number of aromatic hydroxyl groups is 1. The number of benzene rings is 3. The number of aliphatic imine (C=N–C) groups is 1. The van der Waals surface area contributed by atoms with Crippen molar-refractivity contribution in [2.24, 2.45) is 4.99 Å². The van der Waals surface area contributed by atoms with Gasteiger partial charge in [0.2, 0.25) is 0 Å². The number of piperidine rings is 1. The summed E-state index contributed by atoms with van der Waals surface area (Å²) in [5.41, 5.74) is 6.12. The van der Waals surface area contributed by atoms with Crippen LogP contribution < -0.4 is 5.32 Å². The zero-order valence-corrected chi connectivity index (χ0v) is 23.8. The Morgan fingerprint density at radius 2 is 1.81 bits per heavy atom. The van der Waals surface area contributed by atoms with Crippen LogP contribution in [0.2, 0.25) is 0 Å². The Balaban J connectivity index is 1.37. The van der Waals surface area contributed by atoms with Crippen molar-refractivity contribution in [2.45, 2.75) is 38.8 Å². The molecule has 212 valence electrons. The molecule has 0 bridgehead atoms. The first kappa shape index (κ1) is 27.4. The summed E-state index contributed by atoms with van der Waals surface area (Å²) in [6.45, 7) is 5.10. The van der Waals surface area contributed by atoms with Gasteiger partial charge < -0.3 is 15.4 Å². The summed E-state index contributed by atoms with van der Waals surface area (Å²) in [5, 5.41) is 15.0. The van der Waals surface area contributed by atoms with Crippen molar-refractivity contribution in [1.82, 2.24) is 20.2 Å². The fourth-order valence-corrected chi connectivity index (χ4v) is 5.66. The highest BCUT2D eigenvalue weighted by atomic mass is 16.3. The topological polar surface area (TPSA) is 93.6 Å². The molecule has 0 unspecified atom stereocenters. The van der Waals surface area contributed by atoms with E-state index < -0.39 is 0 Å². The third-order valence-corrected chi connectivity index (χ3v) is 7.87. The molecule has 0 aliphatic carbocycles. The van der Waals surface area contributed by atoms with Crippen LogP contribution in [0, 0.1) is 0 Å². The number of nitrogens with zero attached hydrogens (tertiary/aromatic N) is 3. The van der Waals surface area contributed by atoms with E-state index in [4.69, 9.17) is 4.99 Å². The van der Waals surface area contributed by atoms with E-state index in [0.717, 1.165) is 36.4 Å². The van der Waals surface area contributed by atoms with E-state index in [1.54, 1.807) is 18.5 Å². The molecule has 2 aromatic heterocycles. The molecule has 1 fully saturated rings. The van der Waals surface area contributed by atoms with Crippen molar-refractivity contribution >= 4 is 28.2 Å². The maximum Gasteiger partial charge on any atom is 0.251 e. The number of carbonyl (C=O) groups is 1. The van der Waals surface area contributed by atoms with Crippen molar-refractivity contribution in [3.8, 4) is 5.88 Å². The third kappa shape index (κ3) is 6.11. The Labute approximate surface area is 246 Å². The molecule has 5 aromatic rings. The largest absolute Gasteiger partial charge is 0.494 e. The van der Waals surface area contributed by atoms with Crippen LogP contribution in [0.5, 0.6) is 5.88 Å². The van der Waals surface area contributed by atoms with Crippen LogP contribution >= 0.6 is 0 Å². The lowest BCUT2D eigenvalue weighted by atomic mass is 10.00.